The Morgan fingerprint density at radius 2 is 1.84 bits per heavy atom. The number of anilines is 1. The van der Waals surface area contributed by atoms with Crippen LogP contribution in [0.25, 0.3) is 0 Å². The molecule has 1 aromatic carbocycles. The molecule has 0 spiro atoms. The van der Waals surface area contributed by atoms with E-state index in [0.29, 0.717) is 6.07 Å². The highest BCUT2D eigenvalue weighted by Gasteiger charge is 2.37. The van der Waals surface area contributed by atoms with Gasteiger partial charge in [-0.05, 0) is 25.0 Å². The fourth-order valence-electron chi connectivity index (χ4n) is 2.13. The minimum absolute atomic E-state index is 0.0711. The molecule has 6 heteroatoms. The summed E-state index contributed by atoms with van der Waals surface area (Å²) in [6.07, 6.45) is -0.530. The molecule has 1 fully saturated rings. The molecular weight excluding hydrogens is 262 g/mol. The zero-order valence-electron chi connectivity index (χ0n) is 10.1. The summed E-state index contributed by atoms with van der Waals surface area (Å²) < 4.78 is 51.9. The normalized spacial score (nSPS) is 19.2. The zero-order chi connectivity index (χ0) is 14.0. The molecule has 2 nitrogen and oxygen atoms in total. The highest BCUT2D eigenvalue weighted by molar-refractivity contribution is 5.92. The average Bonchev–Trinajstić information content (AvgIpc) is 2.32. The van der Waals surface area contributed by atoms with E-state index >= 15 is 0 Å². The predicted molar refractivity (Wildman–Crippen MR) is 61.9 cm³/mol. The summed E-state index contributed by atoms with van der Waals surface area (Å²) in [4.78, 5) is 11.8. The Morgan fingerprint density at radius 3 is 2.42 bits per heavy atom. The van der Waals surface area contributed by atoms with Crippen LogP contribution in [0.15, 0.2) is 18.2 Å². The molecule has 1 aromatic rings. The summed E-state index contributed by atoms with van der Waals surface area (Å²) in [7, 11) is 0. The number of amides is 1. The van der Waals surface area contributed by atoms with Gasteiger partial charge in [0.05, 0.1) is 5.69 Å². The Morgan fingerprint density at radius 1 is 1.21 bits per heavy atom. The van der Waals surface area contributed by atoms with Crippen molar-refractivity contribution in [1.29, 1.82) is 0 Å². The first-order chi connectivity index (χ1) is 8.87. The van der Waals surface area contributed by atoms with Crippen LogP contribution in [-0.2, 0) is 4.79 Å². The molecule has 1 aliphatic carbocycles. The first-order valence-electron chi connectivity index (χ1n) is 6.01. The van der Waals surface area contributed by atoms with Crippen molar-refractivity contribution in [2.24, 2.45) is 5.92 Å². The van der Waals surface area contributed by atoms with Crippen LogP contribution in [-0.4, -0.2) is 11.8 Å². The van der Waals surface area contributed by atoms with E-state index in [9.17, 15) is 22.4 Å². The van der Waals surface area contributed by atoms with Crippen molar-refractivity contribution in [2.75, 3.05) is 5.32 Å². The molecule has 0 aromatic heterocycles. The van der Waals surface area contributed by atoms with E-state index in [1.165, 1.54) is 0 Å². The maximum absolute atomic E-state index is 13.3. The third-order valence-corrected chi connectivity index (χ3v) is 3.28. The maximum Gasteiger partial charge on any atom is 0.248 e. The lowest BCUT2D eigenvalue weighted by atomic mass is 9.86. The molecule has 19 heavy (non-hydrogen) atoms. The van der Waals surface area contributed by atoms with Gasteiger partial charge in [0, 0.05) is 24.8 Å². The Bertz CT molecular complexity index is 480. The van der Waals surface area contributed by atoms with Crippen molar-refractivity contribution in [2.45, 2.75) is 31.6 Å². The number of rotatable bonds is 2. The number of hydrogen-bond donors (Lipinski definition) is 1. The molecule has 0 heterocycles. The molecular formula is C13H13F4NO. The van der Waals surface area contributed by atoms with Crippen molar-refractivity contribution in [3.63, 3.8) is 0 Å². The lowest BCUT2D eigenvalue weighted by molar-refractivity contribution is -0.124. The highest BCUT2D eigenvalue weighted by Crippen LogP contribution is 2.36. The summed E-state index contributed by atoms with van der Waals surface area (Å²) in [6, 6.07) is 2.79. The van der Waals surface area contributed by atoms with Crippen LogP contribution < -0.4 is 5.32 Å². The fourth-order valence-corrected chi connectivity index (χ4v) is 2.13. The van der Waals surface area contributed by atoms with Gasteiger partial charge in [-0.25, -0.2) is 17.6 Å². The third kappa shape index (κ3) is 3.45. The number of carbonyl (C=O) groups excluding carboxylic acids is 1. The Hall–Kier alpha value is -1.59. The van der Waals surface area contributed by atoms with Crippen LogP contribution >= 0.6 is 0 Å². The summed E-state index contributed by atoms with van der Waals surface area (Å²) in [5.74, 6) is -5.38. The number of halogens is 4. The van der Waals surface area contributed by atoms with Crippen LogP contribution in [0.5, 0.6) is 0 Å². The van der Waals surface area contributed by atoms with E-state index in [1.807, 2.05) is 0 Å². The molecule has 0 saturated heterocycles. The van der Waals surface area contributed by atoms with Crippen molar-refractivity contribution in [3.05, 3.63) is 29.8 Å². The molecule has 1 aliphatic rings. The van der Waals surface area contributed by atoms with Gasteiger partial charge in [-0.15, -0.1) is 0 Å². The smallest absolute Gasteiger partial charge is 0.248 e. The molecule has 0 radical (unpaired) electrons. The van der Waals surface area contributed by atoms with Gasteiger partial charge in [0.15, 0.2) is 0 Å². The highest BCUT2D eigenvalue weighted by atomic mass is 19.3. The lowest BCUT2D eigenvalue weighted by Gasteiger charge is -2.27. The van der Waals surface area contributed by atoms with Crippen LogP contribution in [0, 0.1) is 17.6 Å². The molecule has 0 unspecified atom stereocenters. The van der Waals surface area contributed by atoms with Gasteiger partial charge >= 0.3 is 0 Å². The van der Waals surface area contributed by atoms with Crippen LogP contribution in [0.4, 0.5) is 23.2 Å². The SMILES string of the molecule is O=C(Nc1ccc(F)cc1F)C1CCC(F)(F)CC1. The van der Waals surface area contributed by atoms with Gasteiger partial charge < -0.3 is 5.32 Å². The monoisotopic (exact) mass is 275 g/mol. The third-order valence-electron chi connectivity index (χ3n) is 3.28. The maximum atomic E-state index is 13.3. The largest absolute Gasteiger partial charge is 0.323 e. The van der Waals surface area contributed by atoms with E-state index in [-0.39, 0.29) is 31.4 Å². The van der Waals surface area contributed by atoms with Crippen LogP contribution in [0.1, 0.15) is 25.7 Å². The molecule has 0 aliphatic heterocycles. The second-order valence-electron chi connectivity index (χ2n) is 4.74. The van der Waals surface area contributed by atoms with Gasteiger partial charge in [0.25, 0.3) is 0 Å². The van der Waals surface area contributed by atoms with E-state index in [1.54, 1.807) is 0 Å². The van der Waals surface area contributed by atoms with Crippen LogP contribution in [0.3, 0.4) is 0 Å². The second kappa shape index (κ2) is 5.19. The number of hydrogen-bond acceptors (Lipinski definition) is 1. The summed E-state index contributed by atoms with van der Waals surface area (Å²) in [6.45, 7) is 0. The fraction of sp³-hybridized carbons (Fsp3) is 0.462. The number of alkyl halides is 2. The van der Waals surface area contributed by atoms with E-state index < -0.39 is 29.4 Å². The Labute approximate surface area is 107 Å². The minimum atomic E-state index is -2.71. The van der Waals surface area contributed by atoms with E-state index in [4.69, 9.17) is 0 Å². The molecule has 104 valence electrons. The standard InChI is InChI=1S/C13H13F4NO/c14-9-1-2-11(10(15)7-9)18-12(19)8-3-5-13(16,17)6-4-8/h1-2,7-8H,3-6H2,(H,18,19). The van der Waals surface area contributed by atoms with Crippen molar-refractivity contribution in [1.82, 2.24) is 0 Å². The van der Waals surface area contributed by atoms with Gasteiger partial charge in [-0.1, -0.05) is 0 Å². The first-order valence-corrected chi connectivity index (χ1v) is 6.01. The zero-order valence-corrected chi connectivity index (χ0v) is 10.1. The number of carbonyl (C=O) groups is 1. The van der Waals surface area contributed by atoms with Crippen molar-refractivity contribution >= 4 is 11.6 Å². The van der Waals surface area contributed by atoms with Gasteiger partial charge in [-0.2, -0.15) is 0 Å². The van der Waals surface area contributed by atoms with E-state index in [0.717, 1.165) is 12.1 Å². The summed E-state index contributed by atoms with van der Waals surface area (Å²) >= 11 is 0. The molecule has 2 rings (SSSR count). The predicted octanol–water partition coefficient (Wildman–Crippen LogP) is 3.73. The molecule has 0 bridgehead atoms. The molecule has 1 amide bonds. The number of benzene rings is 1. The van der Waals surface area contributed by atoms with Gasteiger partial charge in [0.2, 0.25) is 11.8 Å². The van der Waals surface area contributed by atoms with Gasteiger partial charge in [0.1, 0.15) is 11.6 Å². The van der Waals surface area contributed by atoms with Gasteiger partial charge in [-0.3, -0.25) is 4.79 Å². The number of nitrogens with one attached hydrogen (secondary N) is 1. The van der Waals surface area contributed by atoms with Crippen molar-refractivity contribution < 1.29 is 22.4 Å². The van der Waals surface area contributed by atoms with Crippen LogP contribution in [0.2, 0.25) is 0 Å². The topological polar surface area (TPSA) is 29.1 Å². The average molecular weight is 275 g/mol. The quantitative estimate of drug-likeness (QED) is 0.819. The van der Waals surface area contributed by atoms with Crippen molar-refractivity contribution in [3.8, 4) is 0 Å². The summed E-state index contributed by atoms with van der Waals surface area (Å²) in [5, 5.41) is 2.31. The summed E-state index contributed by atoms with van der Waals surface area (Å²) in [5.41, 5.74) is -0.135. The Kier molecular flexibility index (Phi) is 3.78. The lowest BCUT2D eigenvalue weighted by Crippen LogP contribution is -2.32. The molecule has 1 N–H and O–H groups in total. The Balaban J connectivity index is 1.98. The second-order valence-corrected chi connectivity index (χ2v) is 4.74. The minimum Gasteiger partial charge on any atom is -0.323 e. The molecule has 1 saturated carbocycles. The van der Waals surface area contributed by atoms with E-state index in [2.05, 4.69) is 5.32 Å². The first kappa shape index (κ1) is 13.8. The molecule has 0 atom stereocenters.